The number of hydrogen-bond donors (Lipinski definition) is 3. The molecule has 3 N–H and O–H groups in total. The molecule has 2 aromatic rings. The summed E-state index contributed by atoms with van der Waals surface area (Å²) in [6, 6.07) is 6.74. The minimum absolute atomic E-state index is 0.0173. The molecule has 0 saturated carbocycles. The van der Waals surface area contributed by atoms with Crippen molar-refractivity contribution in [1.29, 1.82) is 0 Å². The summed E-state index contributed by atoms with van der Waals surface area (Å²) in [5, 5.41) is 14.6. The highest BCUT2D eigenvalue weighted by atomic mass is 19.1. The molecule has 39 heavy (non-hydrogen) atoms. The standard InChI is InChI=1S/C29H38F2N4O4/c1-3-29(31,4-2)18-35-11-9-19(10-12-35)17-39-26-8-6-21(15-33-26)23-7-5-20(13-24(23)30)27(37)34-28(38)25-14-22(36)16-32-25/h5-8,13,15,19,22,25,32,36H,3-4,9-12,14,16-18H2,1-2H3,(H,34,37,38)/t22-,25+/m1/s1. The van der Waals surface area contributed by atoms with Gasteiger partial charge in [0.05, 0.1) is 18.8 Å². The zero-order valence-electron chi connectivity index (χ0n) is 22.6. The number of amides is 2. The minimum atomic E-state index is -1.11. The van der Waals surface area contributed by atoms with Crippen molar-refractivity contribution < 1.29 is 28.2 Å². The van der Waals surface area contributed by atoms with Crippen molar-refractivity contribution in [1.82, 2.24) is 20.5 Å². The smallest absolute Gasteiger partial charge is 0.257 e. The Morgan fingerprint density at radius 3 is 2.54 bits per heavy atom. The first-order valence-electron chi connectivity index (χ1n) is 13.8. The number of pyridine rings is 1. The van der Waals surface area contributed by atoms with Gasteiger partial charge in [-0.2, -0.15) is 0 Å². The van der Waals surface area contributed by atoms with E-state index in [1.807, 2.05) is 13.8 Å². The van der Waals surface area contributed by atoms with Gasteiger partial charge in [0.1, 0.15) is 11.5 Å². The van der Waals surface area contributed by atoms with Crippen molar-refractivity contribution in [2.24, 2.45) is 5.92 Å². The van der Waals surface area contributed by atoms with E-state index in [2.05, 4.69) is 20.5 Å². The van der Waals surface area contributed by atoms with Gasteiger partial charge in [-0.1, -0.05) is 19.9 Å². The zero-order chi connectivity index (χ0) is 28.0. The summed E-state index contributed by atoms with van der Waals surface area (Å²) in [5.41, 5.74) is -0.295. The number of benzene rings is 1. The van der Waals surface area contributed by atoms with Crippen LogP contribution >= 0.6 is 0 Å². The van der Waals surface area contributed by atoms with E-state index >= 15 is 0 Å². The second-order valence-corrected chi connectivity index (χ2v) is 10.6. The summed E-state index contributed by atoms with van der Waals surface area (Å²) in [5.74, 6) is -1.06. The summed E-state index contributed by atoms with van der Waals surface area (Å²) in [7, 11) is 0. The molecule has 10 heteroatoms. The molecule has 2 aliphatic heterocycles. The first kappa shape index (κ1) is 29.0. The quantitative estimate of drug-likeness (QED) is 0.394. The van der Waals surface area contributed by atoms with Crippen LogP contribution in [0.5, 0.6) is 5.88 Å². The molecule has 1 aromatic carbocycles. The lowest BCUT2D eigenvalue weighted by Gasteiger charge is -2.36. The van der Waals surface area contributed by atoms with Crippen LogP contribution in [0.3, 0.4) is 0 Å². The van der Waals surface area contributed by atoms with Crippen molar-refractivity contribution in [3.05, 3.63) is 47.9 Å². The SMILES string of the molecule is CCC(F)(CC)CN1CCC(COc2ccc(-c3ccc(C(=O)NC(=O)[C@@H]4C[C@@H](O)CN4)cc3F)cn2)CC1. The van der Waals surface area contributed by atoms with Crippen LogP contribution in [0.1, 0.15) is 56.3 Å². The van der Waals surface area contributed by atoms with E-state index in [0.29, 0.717) is 43.4 Å². The van der Waals surface area contributed by atoms with Gasteiger partial charge in [-0.25, -0.2) is 13.8 Å². The number of nitrogens with one attached hydrogen (secondary N) is 2. The van der Waals surface area contributed by atoms with Crippen molar-refractivity contribution in [2.45, 2.75) is 63.8 Å². The Hall–Kier alpha value is -2.95. The van der Waals surface area contributed by atoms with Gasteiger partial charge in [-0.15, -0.1) is 0 Å². The predicted octanol–water partition coefficient (Wildman–Crippen LogP) is 3.49. The number of aromatic nitrogens is 1. The molecule has 0 aliphatic carbocycles. The van der Waals surface area contributed by atoms with Crippen LogP contribution in [0.15, 0.2) is 36.5 Å². The molecular weight excluding hydrogens is 506 g/mol. The number of hydrogen-bond acceptors (Lipinski definition) is 7. The number of alkyl halides is 1. The molecule has 1 aromatic heterocycles. The van der Waals surface area contributed by atoms with E-state index < -0.39 is 35.4 Å². The van der Waals surface area contributed by atoms with E-state index in [1.54, 1.807) is 12.1 Å². The number of rotatable bonds is 10. The van der Waals surface area contributed by atoms with Gasteiger partial charge in [-0.3, -0.25) is 14.9 Å². The van der Waals surface area contributed by atoms with E-state index in [0.717, 1.165) is 32.0 Å². The Kier molecular flexibility index (Phi) is 9.63. The number of imide groups is 1. The van der Waals surface area contributed by atoms with Gasteiger partial charge in [0.25, 0.3) is 5.91 Å². The largest absolute Gasteiger partial charge is 0.477 e. The van der Waals surface area contributed by atoms with Gasteiger partial charge in [0, 0.05) is 42.0 Å². The minimum Gasteiger partial charge on any atom is -0.477 e. The Labute approximate surface area is 228 Å². The maximum atomic E-state index is 14.9. The van der Waals surface area contributed by atoms with Crippen LogP contribution in [-0.4, -0.2) is 77.4 Å². The van der Waals surface area contributed by atoms with Crippen LogP contribution in [0.4, 0.5) is 8.78 Å². The van der Waals surface area contributed by atoms with Gasteiger partial charge >= 0.3 is 0 Å². The lowest BCUT2D eigenvalue weighted by molar-refractivity contribution is -0.121. The van der Waals surface area contributed by atoms with Crippen LogP contribution in [0.25, 0.3) is 11.1 Å². The highest BCUT2D eigenvalue weighted by Gasteiger charge is 2.31. The van der Waals surface area contributed by atoms with Crippen molar-refractivity contribution in [3.63, 3.8) is 0 Å². The molecule has 3 heterocycles. The molecule has 8 nitrogen and oxygen atoms in total. The molecule has 0 radical (unpaired) electrons. The number of halogens is 2. The maximum Gasteiger partial charge on any atom is 0.257 e. The third-order valence-electron chi connectivity index (χ3n) is 7.89. The first-order valence-corrected chi connectivity index (χ1v) is 13.8. The highest BCUT2D eigenvalue weighted by molar-refractivity contribution is 6.06. The second kappa shape index (κ2) is 12.9. The Morgan fingerprint density at radius 2 is 1.95 bits per heavy atom. The van der Waals surface area contributed by atoms with Crippen LogP contribution in [0.2, 0.25) is 0 Å². The molecule has 2 saturated heterocycles. The average Bonchev–Trinajstić information content (AvgIpc) is 3.39. The third kappa shape index (κ3) is 7.58. The number of β-amino-alcohol motifs (C(OH)–C–C–N with tert-alkyl or cyclic N) is 1. The van der Waals surface area contributed by atoms with Gasteiger partial charge < -0.3 is 20.1 Å². The molecule has 2 aliphatic rings. The fourth-order valence-electron chi connectivity index (χ4n) is 5.09. The Bertz CT molecular complexity index is 1130. The number of nitrogens with zero attached hydrogens (tertiary/aromatic N) is 2. The average molecular weight is 545 g/mol. The topological polar surface area (TPSA) is 104 Å². The molecule has 2 atom stereocenters. The van der Waals surface area contributed by atoms with Gasteiger partial charge in [0.15, 0.2) is 0 Å². The van der Waals surface area contributed by atoms with E-state index in [9.17, 15) is 23.5 Å². The molecule has 0 unspecified atom stereocenters. The van der Waals surface area contributed by atoms with Crippen LogP contribution < -0.4 is 15.4 Å². The molecule has 0 bridgehead atoms. The second-order valence-electron chi connectivity index (χ2n) is 10.6. The molecule has 2 amide bonds. The monoisotopic (exact) mass is 544 g/mol. The Balaban J connectivity index is 1.26. The summed E-state index contributed by atoms with van der Waals surface area (Å²) in [4.78, 5) is 31.1. The molecule has 4 rings (SSSR count). The van der Waals surface area contributed by atoms with Gasteiger partial charge in [-0.05, 0) is 69.3 Å². The first-order chi connectivity index (χ1) is 18.7. The van der Waals surface area contributed by atoms with Gasteiger partial charge in [0.2, 0.25) is 11.8 Å². The highest BCUT2D eigenvalue weighted by Crippen LogP contribution is 2.27. The molecule has 0 spiro atoms. The number of likely N-dealkylation sites (tertiary alicyclic amines) is 1. The molecule has 2 fully saturated rings. The number of aliphatic hydroxyl groups is 1. The maximum absolute atomic E-state index is 14.9. The lowest BCUT2D eigenvalue weighted by atomic mass is 9.94. The zero-order valence-corrected chi connectivity index (χ0v) is 22.6. The van der Waals surface area contributed by atoms with Crippen molar-refractivity contribution >= 4 is 11.8 Å². The predicted molar refractivity (Wildman–Crippen MR) is 144 cm³/mol. The molecule has 212 valence electrons. The number of aliphatic hydroxyl groups excluding tert-OH is 1. The van der Waals surface area contributed by atoms with E-state index in [1.165, 1.54) is 18.3 Å². The van der Waals surface area contributed by atoms with Crippen molar-refractivity contribution in [2.75, 3.05) is 32.8 Å². The summed E-state index contributed by atoms with van der Waals surface area (Å²) >= 11 is 0. The van der Waals surface area contributed by atoms with Crippen molar-refractivity contribution in [3.8, 4) is 17.0 Å². The normalized spacial score (nSPS) is 20.6. The third-order valence-corrected chi connectivity index (χ3v) is 7.89. The summed E-state index contributed by atoms with van der Waals surface area (Å²) < 4.78 is 35.4. The Morgan fingerprint density at radius 1 is 1.21 bits per heavy atom. The number of piperidine rings is 1. The summed E-state index contributed by atoms with van der Waals surface area (Å²) in [6.07, 6.45) is 4.05. The number of ether oxygens (including phenoxy) is 1. The van der Waals surface area contributed by atoms with E-state index in [-0.39, 0.29) is 24.1 Å². The lowest BCUT2D eigenvalue weighted by Crippen LogP contribution is -2.44. The summed E-state index contributed by atoms with van der Waals surface area (Å²) in [6.45, 7) is 6.81. The fraction of sp³-hybridized carbons (Fsp3) is 0.552. The molecular formula is C29H38F2N4O4. The van der Waals surface area contributed by atoms with E-state index in [4.69, 9.17) is 4.74 Å². The van der Waals surface area contributed by atoms with Crippen LogP contribution in [-0.2, 0) is 4.79 Å². The number of carbonyl (C=O) groups excluding carboxylic acids is 2. The van der Waals surface area contributed by atoms with Crippen LogP contribution in [0, 0.1) is 11.7 Å². The fourth-order valence-corrected chi connectivity index (χ4v) is 5.09. The number of carbonyl (C=O) groups is 2.